The number of aromatic hydroxyl groups is 1. The quantitative estimate of drug-likeness (QED) is 0.855. The largest absolute Gasteiger partial charge is 0.508 e. The van der Waals surface area contributed by atoms with E-state index in [1.165, 1.54) is 0 Å². The molecule has 0 aliphatic carbocycles. The van der Waals surface area contributed by atoms with Crippen LogP contribution in [0.5, 0.6) is 5.75 Å². The highest BCUT2D eigenvalue weighted by molar-refractivity contribution is 9.10. The molecule has 5 heteroatoms. The summed E-state index contributed by atoms with van der Waals surface area (Å²) in [4.78, 5) is 8.37. The van der Waals surface area contributed by atoms with E-state index in [-0.39, 0.29) is 5.75 Å². The van der Waals surface area contributed by atoms with Crippen molar-refractivity contribution in [2.45, 2.75) is 13.5 Å². The van der Waals surface area contributed by atoms with E-state index in [0.29, 0.717) is 12.4 Å². The van der Waals surface area contributed by atoms with Crippen LogP contribution in [-0.2, 0) is 6.54 Å². The van der Waals surface area contributed by atoms with Gasteiger partial charge in [0.1, 0.15) is 22.0 Å². The number of aryl methyl sites for hydroxylation is 1. The lowest BCUT2D eigenvalue weighted by Crippen LogP contribution is -2.03. The Hall–Kier alpha value is -1.62. The van der Waals surface area contributed by atoms with Gasteiger partial charge in [0.2, 0.25) is 0 Å². The average Bonchev–Trinajstić information content (AvgIpc) is 2.27. The fraction of sp³-hybridized carbons (Fsp3) is 0.167. The summed E-state index contributed by atoms with van der Waals surface area (Å²) in [5.74, 6) is 1.71. The second-order valence-electron chi connectivity index (χ2n) is 3.61. The van der Waals surface area contributed by atoms with Crippen LogP contribution in [0.15, 0.2) is 34.9 Å². The predicted octanol–water partition coefficient (Wildman–Crippen LogP) is 2.87. The van der Waals surface area contributed by atoms with Crippen molar-refractivity contribution >= 4 is 21.7 Å². The van der Waals surface area contributed by atoms with Gasteiger partial charge in [-0.1, -0.05) is 18.2 Å². The van der Waals surface area contributed by atoms with Crippen molar-refractivity contribution in [1.29, 1.82) is 0 Å². The topological polar surface area (TPSA) is 58.0 Å². The number of benzene rings is 1. The monoisotopic (exact) mass is 293 g/mol. The molecule has 1 aromatic heterocycles. The molecule has 0 saturated heterocycles. The number of aromatic nitrogens is 2. The third-order valence-corrected chi connectivity index (χ3v) is 2.66. The zero-order valence-corrected chi connectivity index (χ0v) is 10.9. The van der Waals surface area contributed by atoms with Crippen LogP contribution < -0.4 is 5.32 Å². The molecule has 2 rings (SSSR count). The van der Waals surface area contributed by atoms with E-state index in [0.717, 1.165) is 16.0 Å². The first-order chi connectivity index (χ1) is 8.15. The molecule has 88 valence electrons. The van der Waals surface area contributed by atoms with Crippen LogP contribution in [0.3, 0.4) is 0 Å². The Balaban J connectivity index is 2.10. The highest BCUT2D eigenvalue weighted by atomic mass is 79.9. The maximum absolute atomic E-state index is 9.62. The molecule has 0 amide bonds. The van der Waals surface area contributed by atoms with Crippen molar-refractivity contribution in [3.8, 4) is 5.75 Å². The zero-order chi connectivity index (χ0) is 12.3. The van der Waals surface area contributed by atoms with E-state index in [4.69, 9.17) is 0 Å². The van der Waals surface area contributed by atoms with Crippen LogP contribution in [0.4, 0.5) is 5.82 Å². The lowest BCUT2D eigenvalue weighted by atomic mass is 10.2. The van der Waals surface area contributed by atoms with Crippen LogP contribution in [0.25, 0.3) is 0 Å². The van der Waals surface area contributed by atoms with Gasteiger partial charge in [0.15, 0.2) is 0 Å². The van der Waals surface area contributed by atoms with E-state index >= 15 is 0 Å². The maximum Gasteiger partial charge on any atom is 0.131 e. The minimum absolute atomic E-state index is 0.282. The highest BCUT2D eigenvalue weighted by Crippen LogP contribution is 2.18. The van der Waals surface area contributed by atoms with E-state index < -0.39 is 0 Å². The highest BCUT2D eigenvalue weighted by Gasteiger charge is 2.02. The third kappa shape index (κ3) is 3.17. The van der Waals surface area contributed by atoms with E-state index in [2.05, 4.69) is 31.2 Å². The third-order valence-electron chi connectivity index (χ3n) is 2.26. The van der Waals surface area contributed by atoms with Gasteiger partial charge in [-0.3, -0.25) is 0 Å². The first-order valence-corrected chi connectivity index (χ1v) is 5.96. The first kappa shape index (κ1) is 11.9. The number of anilines is 1. The van der Waals surface area contributed by atoms with E-state index in [1.807, 2.05) is 19.1 Å². The van der Waals surface area contributed by atoms with Gasteiger partial charge in [0, 0.05) is 18.2 Å². The van der Waals surface area contributed by atoms with Crippen molar-refractivity contribution in [2.24, 2.45) is 0 Å². The lowest BCUT2D eigenvalue weighted by molar-refractivity contribution is 0.469. The zero-order valence-electron chi connectivity index (χ0n) is 9.31. The van der Waals surface area contributed by atoms with Gasteiger partial charge >= 0.3 is 0 Å². The summed E-state index contributed by atoms with van der Waals surface area (Å²) in [6, 6.07) is 9.01. The van der Waals surface area contributed by atoms with E-state index in [9.17, 15) is 5.11 Å². The number of hydrogen-bond donors (Lipinski definition) is 2. The molecular formula is C12H12BrN3O. The first-order valence-electron chi connectivity index (χ1n) is 5.17. The lowest BCUT2D eigenvalue weighted by Gasteiger charge is -2.08. The molecule has 4 nitrogen and oxygen atoms in total. The molecule has 1 aromatic carbocycles. The molecule has 0 aliphatic heterocycles. The molecule has 0 aliphatic rings. The van der Waals surface area contributed by atoms with Crippen molar-refractivity contribution in [1.82, 2.24) is 9.97 Å². The van der Waals surface area contributed by atoms with Gasteiger partial charge < -0.3 is 10.4 Å². The van der Waals surface area contributed by atoms with Crippen molar-refractivity contribution < 1.29 is 5.11 Å². The Kier molecular flexibility index (Phi) is 3.58. The second-order valence-corrected chi connectivity index (χ2v) is 4.42. The second kappa shape index (κ2) is 5.14. The van der Waals surface area contributed by atoms with Gasteiger partial charge in [-0.05, 0) is 28.9 Å². The predicted molar refractivity (Wildman–Crippen MR) is 69.9 cm³/mol. The number of nitrogens with one attached hydrogen (secondary N) is 1. The number of para-hydroxylation sites is 1. The van der Waals surface area contributed by atoms with Crippen LogP contribution in [0.1, 0.15) is 11.4 Å². The van der Waals surface area contributed by atoms with Crippen LogP contribution >= 0.6 is 15.9 Å². The summed E-state index contributed by atoms with van der Waals surface area (Å²) in [5.41, 5.74) is 0.833. The fourth-order valence-electron chi connectivity index (χ4n) is 1.47. The summed E-state index contributed by atoms with van der Waals surface area (Å²) >= 11 is 3.31. The summed E-state index contributed by atoms with van der Waals surface area (Å²) in [5, 5.41) is 12.8. The number of halogens is 1. The van der Waals surface area contributed by atoms with Crippen molar-refractivity contribution in [3.05, 3.63) is 46.3 Å². The molecule has 0 atom stereocenters. The van der Waals surface area contributed by atoms with E-state index in [1.54, 1.807) is 18.2 Å². The van der Waals surface area contributed by atoms with Crippen LogP contribution in [-0.4, -0.2) is 15.1 Å². The standard InChI is InChI=1S/C12H12BrN3O/c1-8-15-11(13)6-12(16-8)14-7-9-4-2-3-5-10(9)17/h2-6,17H,7H2,1H3,(H,14,15,16). The minimum atomic E-state index is 0.282. The average molecular weight is 294 g/mol. The minimum Gasteiger partial charge on any atom is -0.508 e. The molecule has 0 spiro atoms. The molecular weight excluding hydrogens is 282 g/mol. The number of rotatable bonds is 3. The van der Waals surface area contributed by atoms with Gasteiger partial charge in [-0.2, -0.15) is 0 Å². The summed E-state index contributed by atoms with van der Waals surface area (Å²) in [6.07, 6.45) is 0. The molecule has 0 saturated carbocycles. The van der Waals surface area contributed by atoms with Crippen molar-refractivity contribution in [2.75, 3.05) is 5.32 Å². The SMILES string of the molecule is Cc1nc(Br)cc(NCc2ccccc2O)n1. The Labute approximate surface area is 108 Å². The van der Waals surface area contributed by atoms with Gasteiger partial charge in [-0.15, -0.1) is 0 Å². The maximum atomic E-state index is 9.62. The fourth-order valence-corrected chi connectivity index (χ4v) is 1.94. The van der Waals surface area contributed by atoms with Crippen LogP contribution in [0, 0.1) is 6.92 Å². The summed E-state index contributed by atoms with van der Waals surface area (Å²) in [6.45, 7) is 2.35. The summed E-state index contributed by atoms with van der Waals surface area (Å²) in [7, 11) is 0. The molecule has 17 heavy (non-hydrogen) atoms. The molecule has 2 N–H and O–H groups in total. The van der Waals surface area contributed by atoms with Gasteiger partial charge in [-0.25, -0.2) is 9.97 Å². The number of phenolic OH excluding ortho intramolecular Hbond substituents is 1. The number of nitrogens with zero attached hydrogens (tertiary/aromatic N) is 2. The van der Waals surface area contributed by atoms with Crippen LogP contribution in [0.2, 0.25) is 0 Å². The Bertz CT molecular complexity index is 511. The molecule has 0 bridgehead atoms. The molecule has 1 heterocycles. The Morgan fingerprint density at radius 3 is 2.76 bits per heavy atom. The van der Waals surface area contributed by atoms with Crippen molar-refractivity contribution in [3.63, 3.8) is 0 Å². The van der Waals surface area contributed by atoms with Gasteiger partial charge in [0.25, 0.3) is 0 Å². The van der Waals surface area contributed by atoms with Gasteiger partial charge in [0.05, 0.1) is 0 Å². The molecule has 0 fully saturated rings. The molecule has 0 unspecified atom stereocenters. The number of phenols is 1. The normalized spacial score (nSPS) is 10.2. The number of hydrogen-bond acceptors (Lipinski definition) is 4. The molecule has 2 aromatic rings. The Morgan fingerprint density at radius 2 is 2.06 bits per heavy atom. The Morgan fingerprint density at radius 1 is 1.29 bits per heavy atom. The smallest absolute Gasteiger partial charge is 0.131 e. The summed E-state index contributed by atoms with van der Waals surface area (Å²) < 4.78 is 0.741. The molecule has 0 radical (unpaired) electrons.